The van der Waals surface area contributed by atoms with Crippen molar-refractivity contribution in [1.82, 2.24) is 5.32 Å². The molecule has 1 aliphatic rings. The summed E-state index contributed by atoms with van der Waals surface area (Å²) in [4.78, 5) is 22.8. The maximum absolute atomic E-state index is 11.9. The molecule has 1 aromatic carbocycles. The van der Waals surface area contributed by atoms with Crippen LogP contribution in [0, 0.1) is 5.92 Å². The zero-order chi connectivity index (χ0) is 13.8. The summed E-state index contributed by atoms with van der Waals surface area (Å²) in [6, 6.07) is 8.71. The molecular weight excluding hydrogens is 246 g/mol. The van der Waals surface area contributed by atoms with Gasteiger partial charge in [-0.15, -0.1) is 0 Å². The fourth-order valence-corrected chi connectivity index (χ4v) is 2.22. The molecule has 0 bridgehead atoms. The van der Waals surface area contributed by atoms with E-state index in [-0.39, 0.29) is 30.8 Å². The van der Waals surface area contributed by atoms with Crippen LogP contribution in [-0.2, 0) is 9.59 Å². The Morgan fingerprint density at radius 3 is 2.58 bits per heavy atom. The molecule has 3 N–H and O–H groups in total. The molecule has 1 saturated carbocycles. The molecule has 0 aromatic heterocycles. The van der Waals surface area contributed by atoms with Gasteiger partial charge in [-0.3, -0.25) is 4.79 Å². The van der Waals surface area contributed by atoms with E-state index in [0.29, 0.717) is 0 Å². The van der Waals surface area contributed by atoms with Crippen LogP contribution in [0.1, 0.15) is 24.3 Å². The average Bonchev–Trinajstić information content (AvgIpc) is 3.19. The molecule has 2 unspecified atom stereocenters. The summed E-state index contributed by atoms with van der Waals surface area (Å²) in [5.41, 5.74) is 1.11. The van der Waals surface area contributed by atoms with E-state index in [1.807, 2.05) is 30.3 Å². The quantitative estimate of drug-likeness (QED) is 0.706. The monoisotopic (exact) mass is 263 g/mol. The summed E-state index contributed by atoms with van der Waals surface area (Å²) in [5.74, 6) is -1.32. The van der Waals surface area contributed by atoms with Crippen LogP contribution in [-0.4, -0.2) is 34.7 Å². The van der Waals surface area contributed by atoms with Crippen LogP contribution >= 0.6 is 0 Å². The van der Waals surface area contributed by atoms with Crippen molar-refractivity contribution < 1.29 is 19.8 Å². The lowest BCUT2D eigenvalue weighted by atomic mass is 10.1. The molecular formula is C14H17NO4. The minimum absolute atomic E-state index is 0.0315. The van der Waals surface area contributed by atoms with Crippen LogP contribution in [0.3, 0.4) is 0 Å². The highest BCUT2D eigenvalue weighted by Crippen LogP contribution is 2.47. The Bertz CT molecular complexity index is 460. The number of carbonyl (C=O) groups excluding carboxylic acids is 1. The van der Waals surface area contributed by atoms with E-state index in [9.17, 15) is 9.59 Å². The van der Waals surface area contributed by atoms with Crippen molar-refractivity contribution in [1.29, 1.82) is 0 Å². The number of hydrogen-bond donors (Lipinski definition) is 3. The van der Waals surface area contributed by atoms with Crippen molar-refractivity contribution in [2.75, 3.05) is 6.61 Å². The fourth-order valence-electron chi connectivity index (χ4n) is 2.22. The van der Waals surface area contributed by atoms with E-state index in [4.69, 9.17) is 10.2 Å². The van der Waals surface area contributed by atoms with Crippen molar-refractivity contribution in [3.63, 3.8) is 0 Å². The molecule has 0 spiro atoms. The molecule has 0 saturated heterocycles. The third-order valence-corrected chi connectivity index (χ3v) is 3.39. The smallest absolute Gasteiger partial charge is 0.326 e. The second-order valence-electron chi connectivity index (χ2n) is 4.77. The van der Waals surface area contributed by atoms with Gasteiger partial charge in [0.05, 0.1) is 0 Å². The van der Waals surface area contributed by atoms with E-state index < -0.39 is 12.0 Å². The van der Waals surface area contributed by atoms with Gasteiger partial charge in [-0.05, 0) is 17.9 Å². The van der Waals surface area contributed by atoms with Gasteiger partial charge in [0.2, 0.25) is 5.91 Å². The number of rotatable bonds is 6. The molecule has 19 heavy (non-hydrogen) atoms. The van der Waals surface area contributed by atoms with Gasteiger partial charge in [0, 0.05) is 18.9 Å². The summed E-state index contributed by atoms with van der Waals surface area (Å²) in [6.45, 7) is -0.260. The Morgan fingerprint density at radius 2 is 2.00 bits per heavy atom. The number of nitrogens with one attached hydrogen (secondary N) is 1. The topological polar surface area (TPSA) is 86.6 Å². The lowest BCUT2D eigenvalue weighted by Crippen LogP contribution is -2.42. The van der Waals surface area contributed by atoms with E-state index >= 15 is 0 Å². The number of carbonyl (C=O) groups is 2. The van der Waals surface area contributed by atoms with Crippen molar-refractivity contribution in [3.05, 3.63) is 35.9 Å². The molecule has 2 rings (SSSR count). The number of aliphatic hydroxyl groups excluding tert-OH is 1. The predicted octanol–water partition coefficient (Wildman–Crippen LogP) is 0.742. The van der Waals surface area contributed by atoms with Crippen molar-refractivity contribution in [2.45, 2.75) is 24.8 Å². The molecule has 0 aliphatic heterocycles. The minimum Gasteiger partial charge on any atom is -0.480 e. The van der Waals surface area contributed by atoms with Crippen molar-refractivity contribution >= 4 is 11.9 Å². The van der Waals surface area contributed by atoms with E-state index in [0.717, 1.165) is 12.0 Å². The number of benzene rings is 1. The van der Waals surface area contributed by atoms with Gasteiger partial charge in [-0.25, -0.2) is 4.79 Å². The standard InChI is InChI=1S/C14H17NO4/c16-7-6-12(14(18)19)15-13(17)11-8-10(11)9-4-2-1-3-5-9/h1-5,10-12,16H,6-8H2,(H,15,17)(H,18,19)/t10?,11?,12-/m1/s1. The Morgan fingerprint density at radius 1 is 1.32 bits per heavy atom. The first-order valence-corrected chi connectivity index (χ1v) is 6.32. The number of aliphatic hydroxyl groups is 1. The zero-order valence-electron chi connectivity index (χ0n) is 10.5. The van der Waals surface area contributed by atoms with E-state index in [1.54, 1.807) is 0 Å². The summed E-state index contributed by atoms with van der Waals surface area (Å²) in [5, 5.41) is 20.2. The summed E-state index contributed by atoms with van der Waals surface area (Å²) < 4.78 is 0. The predicted molar refractivity (Wildman–Crippen MR) is 68.6 cm³/mol. The van der Waals surface area contributed by atoms with Gasteiger partial charge in [0.15, 0.2) is 0 Å². The molecule has 0 heterocycles. The molecule has 3 atom stereocenters. The van der Waals surface area contributed by atoms with Crippen molar-refractivity contribution in [2.24, 2.45) is 5.92 Å². The number of carboxylic acid groups (broad SMARTS) is 1. The van der Waals surface area contributed by atoms with E-state index in [2.05, 4.69) is 5.32 Å². The highest BCUT2D eigenvalue weighted by atomic mass is 16.4. The highest BCUT2D eigenvalue weighted by Gasteiger charge is 2.44. The van der Waals surface area contributed by atoms with Gasteiger partial charge in [-0.2, -0.15) is 0 Å². The first-order valence-electron chi connectivity index (χ1n) is 6.32. The molecule has 5 nitrogen and oxygen atoms in total. The minimum atomic E-state index is -1.11. The van der Waals surface area contributed by atoms with Crippen LogP contribution in [0.25, 0.3) is 0 Å². The Labute approximate surface area is 111 Å². The summed E-state index contributed by atoms with van der Waals surface area (Å²) in [7, 11) is 0. The maximum atomic E-state index is 11.9. The second-order valence-corrected chi connectivity index (χ2v) is 4.77. The molecule has 1 aliphatic carbocycles. The van der Waals surface area contributed by atoms with Crippen LogP contribution in [0.2, 0.25) is 0 Å². The average molecular weight is 263 g/mol. The number of aliphatic carboxylic acids is 1. The second kappa shape index (κ2) is 5.84. The molecule has 1 aromatic rings. The van der Waals surface area contributed by atoms with Crippen LogP contribution in [0.5, 0.6) is 0 Å². The Kier molecular flexibility index (Phi) is 4.16. The van der Waals surface area contributed by atoms with Gasteiger partial charge in [-0.1, -0.05) is 30.3 Å². The summed E-state index contributed by atoms with van der Waals surface area (Å²) >= 11 is 0. The summed E-state index contributed by atoms with van der Waals surface area (Å²) in [6.07, 6.45) is 0.783. The third-order valence-electron chi connectivity index (χ3n) is 3.39. The van der Waals surface area contributed by atoms with Crippen LogP contribution in [0.15, 0.2) is 30.3 Å². The largest absolute Gasteiger partial charge is 0.480 e. The normalized spacial score (nSPS) is 22.6. The maximum Gasteiger partial charge on any atom is 0.326 e. The molecule has 1 fully saturated rings. The molecule has 102 valence electrons. The van der Waals surface area contributed by atoms with Gasteiger partial charge in [0.25, 0.3) is 0 Å². The van der Waals surface area contributed by atoms with E-state index in [1.165, 1.54) is 0 Å². The Hall–Kier alpha value is -1.88. The first-order chi connectivity index (χ1) is 9.13. The Balaban J connectivity index is 1.90. The van der Waals surface area contributed by atoms with Gasteiger partial charge >= 0.3 is 5.97 Å². The number of hydrogen-bond acceptors (Lipinski definition) is 3. The van der Waals surface area contributed by atoms with Gasteiger partial charge < -0.3 is 15.5 Å². The van der Waals surface area contributed by atoms with Crippen molar-refractivity contribution in [3.8, 4) is 0 Å². The van der Waals surface area contributed by atoms with Crippen LogP contribution in [0.4, 0.5) is 0 Å². The lowest BCUT2D eigenvalue weighted by molar-refractivity contribution is -0.142. The van der Waals surface area contributed by atoms with Gasteiger partial charge in [0.1, 0.15) is 6.04 Å². The third kappa shape index (κ3) is 3.32. The SMILES string of the molecule is O=C(N[C@H](CCO)C(=O)O)C1CC1c1ccccc1. The number of amides is 1. The highest BCUT2D eigenvalue weighted by molar-refractivity contribution is 5.87. The fraction of sp³-hybridized carbons (Fsp3) is 0.429. The molecule has 0 radical (unpaired) electrons. The molecule has 5 heteroatoms. The zero-order valence-corrected chi connectivity index (χ0v) is 10.5. The van der Waals surface area contributed by atoms with Crippen LogP contribution < -0.4 is 5.32 Å². The lowest BCUT2D eigenvalue weighted by Gasteiger charge is -2.13. The first kappa shape index (κ1) is 13.5. The molecule has 1 amide bonds. The number of carboxylic acids is 1.